The molecule has 0 aromatic heterocycles. The first-order valence-electron chi connectivity index (χ1n) is 16.4. The van der Waals surface area contributed by atoms with Gasteiger partial charge < -0.3 is 40.6 Å². The molecule has 46 heavy (non-hydrogen) atoms. The van der Waals surface area contributed by atoms with Gasteiger partial charge in [-0.2, -0.15) is 0 Å². The van der Waals surface area contributed by atoms with Crippen molar-refractivity contribution in [2.75, 3.05) is 38.6 Å². The Bertz CT molecular complexity index is 1220. The van der Waals surface area contributed by atoms with Crippen molar-refractivity contribution in [3.63, 3.8) is 0 Å². The zero-order chi connectivity index (χ0) is 34.4. The van der Waals surface area contributed by atoms with Gasteiger partial charge in [-0.25, -0.2) is 9.59 Å². The highest BCUT2D eigenvalue weighted by atomic mass is 16.6. The van der Waals surface area contributed by atoms with Gasteiger partial charge in [-0.15, -0.1) is 0 Å². The largest absolute Gasteiger partial charge is 0.442 e. The number of carbonyl (C=O) groups excluding carboxylic acids is 3. The second kappa shape index (κ2) is 19.3. The highest BCUT2D eigenvalue weighted by molar-refractivity contribution is 6.03. The first-order chi connectivity index (χ1) is 21.8. The summed E-state index contributed by atoms with van der Waals surface area (Å²) < 4.78 is 17.1. The first kappa shape index (κ1) is 38.8. The van der Waals surface area contributed by atoms with Crippen LogP contribution >= 0.6 is 0 Å². The number of fused-ring (bicyclic) bond motifs is 2. The third kappa shape index (κ3) is 12.4. The lowest BCUT2D eigenvalue weighted by Crippen LogP contribution is -2.38. The molecule has 1 aliphatic heterocycles. The van der Waals surface area contributed by atoms with Crippen LogP contribution in [-0.2, 0) is 20.7 Å². The number of nitrogens with zero attached hydrogens (tertiary/aromatic N) is 1. The van der Waals surface area contributed by atoms with Crippen LogP contribution in [-0.4, -0.2) is 79.7 Å². The van der Waals surface area contributed by atoms with Gasteiger partial charge in [-0.05, 0) is 88.1 Å². The van der Waals surface area contributed by atoms with Gasteiger partial charge in [0.25, 0.3) is 5.91 Å². The van der Waals surface area contributed by atoms with Crippen LogP contribution in [0.1, 0.15) is 73.3 Å². The van der Waals surface area contributed by atoms with Gasteiger partial charge >= 0.3 is 12.2 Å². The van der Waals surface area contributed by atoms with E-state index in [2.05, 4.69) is 17.6 Å². The van der Waals surface area contributed by atoms with E-state index in [1.165, 1.54) is 0 Å². The highest BCUT2D eigenvalue weighted by Crippen LogP contribution is 2.29. The molecule has 0 spiro atoms. The SMILES string of the molecule is CCNCCN(CC)C(=O)Oc1cc2cc(c1)NC(=O)/C(C)=C/CC[C@H](C)[C@@H](OC(N)=O)/C(C)=C/[C@H](C)[C@@H](O)[C@@H](OC)C[C@H](C)C2. The van der Waals surface area contributed by atoms with Gasteiger partial charge in [0.2, 0.25) is 0 Å². The Balaban J connectivity index is 2.47. The van der Waals surface area contributed by atoms with E-state index in [9.17, 15) is 19.5 Å². The molecule has 0 saturated heterocycles. The van der Waals surface area contributed by atoms with E-state index in [1.54, 1.807) is 25.0 Å². The van der Waals surface area contributed by atoms with Crippen molar-refractivity contribution in [2.45, 2.75) is 92.5 Å². The maximum Gasteiger partial charge on any atom is 0.415 e. The number of anilines is 1. The van der Waals surface area contributed by atoms with Crippen molar-refractivity contribution < 1.29 is 33.7 Å². The van der Waals surface area contributed by atoms with E-state index in [4.69, 9.17) is 19.9 Å². The number of aliphatic hydroxyl groups is 1. The number of ether oxygens (including phenoxy) is 3. The number of benzene rings is 1. The second-order valence-corrected chi connectivity index (χ2v) is 12.5. The summed E-state index contributed by atoms with van der Waals surface area (Å²) in [5, 5.41) is 17.5. The number of aliphatic hydroxyl groups excluding tert-OH is 1. The zero-order valence-electron chi connectivity index (χ0n) is 28.9. The summed E-state index contributed by atoms with van der Waals surface area (Å²) in [4.78, 5) is 39.6. The molecule has 258 valence electrons. The molecule has 2 bridgehead atoms. The number of nitrogens with one attached hydrogen (secondary N) is 2. The molecule has 5 N–H and O–H groups in total. The van der Waals surface area contributed by atoms with Crippen LogP contribution < -0.4 is 21.1 Å². The molecule has 1 aromatic rings. The number of allylic oxidation sites excluding steroid dienone is 1. The fourth-order valence-corrected chi connectivity index (χ4v) is 5.87. The van der Waals surface area contributed by atoms with E-state index < -0.39 is 30.5 Å². The maximum absolute atomic E-state index is 13.2. The molecule has 0 aliphatic carbocycles. The topological polar surface area (TPSA) is 152 Å². The lowest BCUT2D eigenvalue weighted by molar-refractivity contribution is -0.112. The van der Waals surface area contributed by atoms with Crippen molar-refractivity contribution in [1.82, 2.24) is 10.2 Å². The first-order valence-corrected chi connectivity index (χ1v) is 16.4. The van der Waals surface area contributed by atoms with Crippen LogP contribution in [0.4, 0.5) is 15.3 Å². The van der Waals surface area contributed by atoms with Gasteiger partial charge in [0, 0.05) is 50.0 Å². The Morgan fingerprint density at radius 2 is 1.87 bits per heavy atom. The molecule has 2 rings (SSSR count). The maximum atomic E-state index is 13.2. The molecule has 0 fully saturated rings. The number of likely N-dealkylation sites (N-methyl/N-ethyl adjacent to an activating group) is 2. The standard InChI is InChI=1S/C35H56N4O7/c1-9-37-14-15-39(10-2)35(43)45-29-20-27-16-22(3)17-30(44-8)31(40)25(6)18-26(7)32(46-34(36)42)23(4)12-11-13-24(5)33(41)38-28(19-27)21-29/h13,18-23,25,30-32,37,40H,9-12,14-17H2,1-8H3,(H2,36,42)(H,38,41)/b24-13+,26-18+/t22-,23+,25+,30+,31-,32-/m1/s1. The number of carbonyl (C=O) groups is 3. The third-order valence-electron chi connectivity index (χ3n) is 8.48. The Kier molecular flexibility index (Phi) is 16.3. The predicted molar refractivity (Wildman–Crippen MR) is 181 cm³/mol. The van der Waals surface area contributed by atoms with Gasteiger partial charge in [-0.1, -0.05) is 39.8 Å². The Hall–Kier alpha value is -3.41. The fourth-order valence-electron chi connectivity index (χ4n) is 5.87. The highest BCUT2D eigenvalue weighted by Gasteiger charge is 2.28. The number of hydrogen-bond acceptors (Lipinski definition) is 8. The zero-order valence-corrected chi connectivity index (χ0v) is 28.9. The summed E-state index contributed by atoms with van der Waals surface area (Å²) in [6, 6.07) is 5.36. The number of methoxy groups -OCH3 is 1. The second-order valence-electron chi connectivity index (χ2n) is 12.5. The number of nitrogens with two attached hydrogens (primary N) is 1. The van der Waals surface area contributed by atoms with E-state index in [0.717, 1.165) is 17.7 Å². The molecule has 11 heteroatoms. The summed E-state index contributed by atoms with van der Waals surface area (Å²) in [6.07, 6.45) is 2.90. The molecule has 6 atom stereocenters. The van der Waals surface area contributed by atoms with Crippen molar-refractivity contribution in [2.24, 2.45) is 23.5 Å². The summed E-state index contributed by atoms with van der Waals surface area (Å²) in [6.45, 7) is 15.9. The Labute approximate surface area is 274 Å². The minimum Gasteiger partial charge on any atom is -0.442 e. The normalized spacial score (nSPS) is 27.4. The predicted octanol–water partition coefficient (Wildman–Crippen LogP) is 5.42. The number of hydrogen-bond donors (Lipinski definition) is 4. The lowest BCUT2D eigenvalue weighted by Gasteiger charge is -2.29. The number of primary amides is 1. The molecule has 3 amide bonds. The number of amides is 3. The van der Waals surface area contributed by atoms with Crippen molar-refractivity contribution in [3.05, 3.63) is 47.1 Å². The van der Waals surface area contributed by atoms with Crippen LogP contribution in [0.25, 0.3) is 0 Å². The Morgan fingerprint density at radius 1 is 1.15 bits per heavy atom. The van der Waals surface area contributed by atoms with Gasteiger partial charge in [-0.3, -0.25) is 4.79 Å². The van der Waals surface area contributed by atoms with E-state index in [1.807, 2.05) is 58.9 Å². The fraction of sp³-hybridized carbons (Fsp3) is 0.629. The van der Waals surface area contributed by atoms with Gasteiger partial charge in [0.05, 0.1) is 12.2 Å². The Morgan fingerprint density at radius 3 is 2.50 bits per heavy atom. The molecule has 0 saturated carbocycles. The third-order valence-corrected chi connectivity index (χ3v) is 8.48. The molecule has 0 unspecified atom stereocenters. The van der Waals surface area contributed by atoms with Crippen molar-refractivity contribution in [1.29, 1.82) is 0 Å². The average molecular weight is 645 g/mol. The van der Waals surface area contributed by atoms with E-state index in [-0.39, 0.29) is 23.7 Å². The molecule has 11 nitrogen and oxygen atoms in total. The molecule has 1 aromatic carbocycles. The smallest absolute Gasteiger partial charge is 0.415 e. The van der Waals surface area contributed by atoms with Crippen molar-refractivity contribution in [3.8, 4) is 5.75 Å². The molecular formula is C35H56N4O7. The van der Waals surface area contributed by atoms with Crippen LogP contribution in [0, 0.1) is 17.8 Å². The molecule has 1 aliphatic rings. The lowest BCUT2D eigenvalue weighted by atomic mass is 9.87. The van der Waals surface area contributed by atoms with E-state index >= 15 is 0 Å². The van der Waals surface area contributed by atoms with Crippen molar-refractivity contribution >= 4 is 23.8 Å². The minimum atomic E-state index is -0.867. The van der Waals surface area contributed by atoms with Crippen LogP contribution in [0.2, 0.25) is 0 Å². The summed E-state index contributed by atoms with van der Waals surface area (Å²) in [7, 11) is 1.58. The quantitative estimate of drug-likeness (QED) is 0.216. The summed E-state index contributed by atoms with van der Waals surface area (Å²) >= 11 is 0. The monoisotopic (exact) mass is 644 g/mol. The van der Waals surface area contributed by atoms with Gasteiger partial charge in [0.15, 0.2) is 0 Å². The van der Waals surface area contributed by atoms with Crippen LogP contribution in [0.5, 0.6) is 5.75 Å². The van der Waals surface area contributed by atoms with Crippen LogP contribution in [0.3, 0.4) is 0 Å². The molecular weight excluding hydrogens is 588 g/mol. The molecule has 0 radical (unpaired) electrons. The summed E-state index contributed by atoms with van der Waals surface area (Å²) in [5.41, 5.74) is 8.12. The van der Waals surface area contributed by atoms with E-state index in [0.29, 0.717) is 62.3 Å². The van der Waals surface area contributed by atoms with Crippen LogP contribution in [0.15, 0.2) is 41.5 Å². The number of rotatable bonds is 8. The van der Waals surface area contributed by atoms with Gasteiger partial charge in [0.1, 0.15) is 11.9 Å². The average Bonchev–Trinajstić information content (AvgIpc) is 2.99. The minimum absolute atomic E-state index is 0.0633. The molecule has 1 heterocycles. The summed E-state index contributed by atoms with van der Waals surface area (Å²) in [5.74, 6) is -0.265.